The van der Waals surface area contributed by atoms with Crippen molar-refractivity contribution in [1.29, 1.82) is 0 Å². The van der Waals surface area contributed by atoms with E-state index in [2.05, 4.69) is 58.2 Å². The molecule has 8 heteroatoms. The second kappa shape index (κ2) is 9.06. The van der Waals surface area contributed by atoms with Gasteiger partial charge in [-0.2, -0.15) is 4.98 Å². The van der Waals surface area contributed by atoms with Crippen molar-refractivity contribution in [1.82, 2.24) is 9.97 Å². The van der Waals surface area contributed by atoms with Crippen LogP contribution in [0.3, 0.4) is 0 Å². The lowest BCUT2D eigenvalue weighted by Gasteiger charge is -2.19. The molecule has 0 saturated heterocycles. The third-order valence-electron chi connectivity index (χ3n) is 4.53. The molecule has 0 unspecified atom stereocenters. The smallest absolute Gasteiger partial charge is 0.406 e. The summed E-state index contributed by atoms with van der Waals surface area (Å²) in [6, 6.07) is 15.5. The van der Waals surface area contributed by atoms with Gasteiger partial charge in [0.15, 0.2) is 0 Å². The van der Waals surface area contributed by atoms with Gasteiger partial charge in [0.1, 0.15) is 11.6 Å². The van der Waals surface area contributed by atoms with Crippen molar-refractivity contribution in [3.05, 3.63) is 60.2 Å². The minimum absolute atomic E-state index is 0.0402. The quantitative estimate of drug-likeness (QED) is 0.433. The molecule has 32 heavy (non-hydrogen) atoms. The van der Waals surface area contributed by atoms with Crippen molar-refractivity contribution in [2.24, 2.45) is 0 Å². The number of hydrogen-bond donors (Lipinski definition) is 2. The Morgan fingerprint density at radius 3 is 2.19 bits per heavy atom. The zero-order valence-corrected chi connectivity index (χ0v) is 18.7. The number of halogens is 3. The number of benzene rings is 2. The Bertz CT molecular complexity index is 1060. The van der Waals surface area contributed by atoms with Gasteiger partial charge in [0.05, 0.1) is 5.69 Å². The summed E-state index contributed by atoms with van der Waals surface area (Å²) in [4.78, 5) is 8.97. The average Bonchev–Trinajstić information content (AvgIpc) is 2.66. The van der Waals surface area contributed by atoms with E-state index in [1.807, 2.05) is 26.0 Å². The largest absolute Gasteiger partial charge is 0.573 e. The molecular weight excluding hydrogens is 417 g/mol. The summed E-state index contributed by atoms with van der Waals surface area (Å²) in [6.45, 7) is 10.3. The van der Waals surface area contributed by atoms with E-state index in [0.29, 0.717) is 23.0 Å². The van der Waals surface area contributed by atoms with Crippen molar-refractivity contribution in [2.75, 3.05) is 10.6 Å². The molecule has 0 aliphatic heterocycles. The van der Waals surface area contributed by atoms with E-state index in [9.17, 15) is 13.2 Å². The van der Waals surface area contributed by atoms with E-state index >= 15 is 0 Å². The van der Waals surface area contributed by atoms with Gasteiger partial charge < -0.3 is 15.4 Å². The van der Waals surface area contributed by atoms with Crippen molar-refractivity contribution < 1.29 is 17.9 Å². The highest BCUT2D eigenvalue weighted by molar-refractivity contribution is 5.68. The highest BCUT2D eigenvalue weighted by atomic mass is 19.4. The van der Waals surface area contributed by atoms with Crippen LogP contribution in [-0.2, 0) is 5.41 Å². The molecule has 170 valence electrons. The van der Waals surface area contributed by atoms with E-state index in [1.165, 1.54) is 23.8 Å². The van der Waals surface area contributed by atoms with E-state index in [0.717, 1.165) is 5.69 Å². The molecular formula is C24H27F3N4O. The van der Waals surface area contributed by atoms with Crippen molar-refractivity contribution >= 4 is 17.5 Å². The van der Waals surface area contributed by atoms with E-state index < -0.39 is 6.36 Å². The number of hydrogen-bond acceptors (Lipinski definition) is 5. The standard InChI is InChI=1S/C24H27F3N4O/c1-15(2)28-22-30-20(16-7-6-8-19(13-16)32-24(25,26)27)14-21(31-22)29-18-11-9-17(10-12-18)23(3,4)5/h6-15H,1-5H3,(H2,28,29,30,31). The maximum atomic E-state index is 12.6. The van der Waals surface area contributed by atoms with Gasteiger partial charge >= 0.3 is 6.36 Å². The van der Waals surface area contributed by atoms with Gasteiger partial charge in [-0.3, -0.25) is 0 Å². The van der Waals surface area contributed by atoms with Crippen molar-refractivity contribution in [3.63, 3.8) is 0 Å². The second-order valence-electron chi connectivity index (χ2n) is 8.79. The predicted octanol–water partition coefficient (Wildman–Crippen LogP) is 6.90. The SMILES string of the molecule is CC(C)Nc1nc(Nc2ccc(C(C)(C)C)cc2)cc(-c2cccc(OC(F)(F)F)c2)n1. The first-order valence-electron chi connectivity index (χ1n) is 10.3. The zero-order chi connectivity index (χ0) is 23.5. The van der Waals surface area contributed by atoms with Crippen LogP contribution in [0, 0.1) is 0 Å². The molecule has 0 fully saturated rings. The number of aromatic nitrogens is 2. The number of alkyl halides is 3. The van der Waals surface area contributed by atoms with Gasteiger partial charge in [-0.25, -0.2) is 4.98 Å². The Labute approximate surface area is 186 Å². The van der Waals surface area contributed by atoms with Gasteiger partial charge in [-0.1, -0.05) is 45.0 Å². The monoisotopic (exact) mass is 444 g/mol. The first kappa shape index (κ1) is 23.4. The number of nitrogens with one attached hydrogen (secondary N) is 2. The topological polar surface area (TPSA) is 59.1 Å². The molecule has 0 aliphatic carbocycles. The lowest BCUT2D eigenvalue weighted by molar-refractivity contribution is -0.274. The van der Waals surface area contributed by atoms with Gasteiger partial charge in [0, 0.05) is 23.4 Å². The van der Waals surface area contributed by atoms with Crippen LogP contribution in [0.2, 0.25) is 0 Å². The van der Waals surface area contributed by atoms with Crippen LogP contribution in [-0.4, -0.2) is 22.4 Å². The Hall–Kier alpha value is -3.29. The minimum atomic E-state index is -4.76. The fourth-order valence-electron chi connectivity index (χ4n) is 3.04. The first-order valence-corrected chi connectivity index (χ1v) is 10.3. The van der Waals surface area contributed by atoms with Gasteiger partial charge in [-0.15, -0.1) is 13.2 Å². The molecule has 0 atom stereocenters. The second-order valence-corrected chi connectivity index (χ2v) is 8.79. The lowest BCUT2D eigenvalue weighted by atomic mass is 9.87. The third kappa shape index (κ3) is 6.60. The molecule has 3 aromatic rings. The molecule has 2 N–H and O–H groups in total. The molecule has 1 heterocycles. The molecule has 3 rings (SSSR count). The zero-order valence-electron chi connectivity index (χ0n) is 18.7. The summed E-state index contributed by atoms with van der Waals surface area (Å²) < 4.78 is 41.9. The summed E-state index contributed by atoms with van der Waals surface area (Å²) in [7, 11) is 0. The molecule has 0 amide bonds. The number of anilines is 3. The Morgan fingerprint density at radius 2 is 1.59 bits per heavy atom. The van der Waals surface area contributed by atoms with Crippen LogP contribution in [0.15, 0.2) is 54.6 Å². The maximum Gasteiger partial charge on any atom is 0.573 e. The number of nitrogens with zero attached hydrogens (tertiary/aromatic N) is 2. The molecule has 0 aliphatic rings. The first-order chi connectivity index (χ1) is 14.9. The highest BCUT2D eigenvalue weighted by Gasteiger charge is 2.31. The molecule has 0 saturated carbocycles. The lowest BCUT2D eigenvalue weighted by Crippen LogP contribution is -2.17. The van der Waals surface area contributed by atoms with E-state index in [-0.39, 0.29) is 17.2 Å². The number of ether oxygens (including phenoxy) is 1. The average molecular weight is 445 g/mol. The van der Waals surface area contributed by atoms with Gasteiger partial charge in [0.2, 0.25) is 5.95 Å². The van der Waals surface area contributed by atoms with Crippen molar-refractivity contribution in [2.45, 2.75) is 52.4 Å². The summed E-state index contributed by atoms with van der Waals surface area (Å²) in [5.41, 5.74) is 3.03. The Morgan fingerprint density at radius 1 is 0.906 bits per heavy atom. The van der Waals surface area contributed by atoms with Crippen molar-refractivity contribution in [3.8, 4) is 17.0 Å². The fourth-order valence-corrected chi connectivity index (χ4v) is 3.04. The molecule has 2 aromatic carbocycles. The van der Waals surface area contributed by atoms with Gasteiger partial charge in [-0.05, 0) is 49.1 Å². The third-order valence-corrected chi connectivity index (χ3v) is 4.53. The maximum absolute atomic E-state index is 12.6. The number of rotatable bonds is 6. The van der Waals surface area contributed by atoms with E-state index in [1.54, 1.807) is 12.1 Å². The molecule has 5 nitrogen and oxygen atoms in total. The van der Waals surface area contributed by atoms with Crippen LogP contribution in [0.4, 0.5) is 30.6 Å². The molecule has 0 radical (unpaired) electrons. The van der Waals surface area contributed by atoms with Crippen LogP contribution < -0.4 is 15.4 Å². The van der Waals surface area contributed by atoms with Crippen LogP contribution in [0.25, 0.3) is 11.3 Å². The summed E-state index contributed by atoms with van der Waals surface area (Å²) in [5, 5.41) is 6.41. The highest BCUT2D eigenvalue weighted by Crippen LogP contribution is 2.30. The summed E-state index contributed by atoms with van der Waals surface area (Å²) >= 11 is 0. The molecule has 0 spiro atoms. The summed E-state index contributed by atoms with van der Waals surface area (Å²) in [6.07, 6.45) is -4.76. The van der Waals surface area contributed by atoms with Crippen LogP contribution >= 0.6 is 0 Å². The van der Waals surface area contributed by atoms with Gasteiger partial charge in [0.25, 0.3) is 0 Å². The predicted molar refractivity (Wildman–Crippen MR) is 121 cm³/mol. The van der Waals surface area contributed by atoms with Crippen LogP contribution in [0.5, 0.6) is 5.75 Å². The Kier molecular flexibility index (Phi) is 6.62. The van der Waals surface area contributed by atoms with Crippen LogP contribution in [0.1, 0.15) is 40.2 Å². The Balaban J connectivity index is 1.94. The minimum Gasteiger partial charge on any atom is -0.406 e. The fraction of sp³-hybridized carbons (Fsp3) is 0.333. The normalized spacial score (nSPS) is 12.0. The summed E-state index contributed by atoms with van der Waals surface area (Å²) in [5.74, 6) is 0.580. The van der Waals surface area contributed by atoms with E-state index in [4.69, 9.17) is 0 Å². The molecule has 0 bridgehead atoms. The molecule has 1 aromatic heterocycles.